The topological polar surface area (TPSA) is 93.7 Å². The lowest BCUT2D eigenvalue weighted by Gasteiger charge is -2.18. The summed E-state index contributed by atoms with van der Waals surface area (Å²) in [5.74, 6) is -0.543. The van der Waals surface area contributed by atoms with Crippen molar-refractivity contribution in [3.05, 3.63) is 59.1 Å². The van der Waals surface area contributed by atoms with Gasteiger partial charge in [0.05, 0.1) is 22.9 Å². The fraction of sp³-hybridized carbons (Fsp3) is 0.318. The van der Waals surface area contributed by atoms with Crippen LogP contribution in [-0.2, 0) is 14.3 Å². The van der Waals surface area contributed by atoms with Crippen molar-refractivity contribution in [3.8, 4) is 5.75 Å². The first kappa shape index (κ1) is 24.6. The van der Waals surface area contributed by atoms with E-state index in [1.54, 1.807) is 48.5 Å². The molecule has 0 aromatic heterocycles. The average Bonchev–Trinajstić information content (AvgIpc) is 2.76. The molecule has 7 nitrogen and oxygen atoms in total. The Morgan fingerprint density at radius 2 is 1.81 bits per heavy atom. The van der Waals surface area contributed by atoms with E-state index in [0.29, 0.717) is 30.2 Å². The van der Waals surface area contributed by atoms with Gasteiger partial charge in [-0.05, 0) is 49.6 Å². The molecule has 2 aromatic carbocycles. The van der Waals surface area contributed by atoms with Gasteiger partial charge in [-0.3, -0.25) is 9.59 Å². The zero-order valence-corrected chi connectivity index (χ0v) is 18.9. The van der Waals surface area contributed by atoms with Crippen molar-refractivity contribution < 1.29 is 23.9 Å². The van der Waals surface area contributed by atoms with Gasteiger partial charge >= 0.3 is 5.97 Å². The van der Waals surface area contributed by atoms with Crippen molar-refractivity contribution in [1.82, 2.24) is 5.32 Å². The minimum absolute atomic E-state index is 0.261. The molecular weight excluding hydrogens is 440 g/mol. The maximum absolute atomic E-state index is 12.5. The van der Waals surface area contributed by atoms with Crippen molar-refractivity contribution in [2.75, 3.05) is 30.5 Å². The number of rotatable bonds is 11. The summed E-state index contributed by atoms with van der Waals surface area (Å²) in [5, 5.41) is 5.58. The molecule has 2 N–H and O–H groups in total. The van der Waals surface area contributed by atoms with E-state index in [-0.39, 0.29) is 10.6 Å². The average molecular weight is 465 g/mol. The van der Waals surface area contributed by atoms with E-state index in [4.69, 9.17) is 21.1 Å². The summed E-state index contributed by atoms with van der Waals surface area (Å²) in [6.45, 7) is 1.80. The van der Waals surface area contributed by atoms with Crippen LogP contribution in [0.15, 0.2) is 48.5 Å². The fourth-order valence-electron chi connectivity index (χ4n) is 2.64. The number of hydrogen-bond donors (Lipinski definition) is 2. The summed E-state index contributed by atoms with van der Waals surface area (Å²) in [7, 11) is 0. The van der Waals surface area contributed by atoms with Gasteiger partial charge in [-0.1, -0.05) is 35.9 Å². The predicted octanol–water partition coefficient (Wildman–Crippen LogP) is 3.77. The molecule has 9 heteroatoms. The molecule has 0 aliphatic heterocycles. The number of esters is 1. The molecule has 0 spiro atoms. The minimum atomic E-state index is -0.903. The molecule has 0 heterocycles. The number of nitrogens with one attached hydrogen (secondary N) is 2. The second-order valence-electron chi connectivity index (χ2n) is 6.37. The number of anilines is 1. The van der Waals surface area contributed by atoms with Crippen LogP contribution in [0.1, 0.15) is 23.7 Å². The van der Waals surface area contributed by atoms with Gasteiger partial charge in [0.1, 0.15) is 11.8 Å². The predicted molar refractivity (Wildman–Crippen MR) is 123 cm³/mol. The summed E-state index contributed by atoms with van der Waals surface area (Å²) in [6, 6.07) is 12.6. The molecule has 0 fully saturated rings. The van der Waals surface area contributed by atoms with Crippen LogP contribution in [0.4, 0.5) is 5.69 Å². The van der Waals surface area contributed by atoms with Gasteiger partial charge in [-0.25, -0.2) is 4.79 Å². The summed E-state index contributed by atoms with van der Waals surface area (Å²) < 4.78 is 10.6. The molecule has 0 aliphatic rings. The molecule has 0 aliphatic carbocycles. The van der Waals surface area contributed by atoms with Crippen molar-refractivity contribution >= 4 is 46.8 Å². The Morgan fingerprint density at radius 1 is 1.10 bits per heavy atom. The second kappa shape index (κ2) is 12.9. The first-order valence-electron chi connectivity index (χ1n) is 9.68. The number of para-hydroxylation sites is 2. The van der Waals surface area contributed by atoms with E-state index in [2.05, 4.69) is 10.6 Å². The second-order valence-corrected chi connectivity index (χ2v) is 7.77. The van der Waals surface area contributed by atoms with Gasteiger partial charge < -0.3 is 20.1 Å². The lowest BCUT2D eigenvalue weighted by molar-refractivity contribution is -0.149. The number of carbonyl (C=O) groups is 3. The smallest absolute Gasteiger partial charge is 0.329 e. The number of amides is 2. The first-order valence-corrected chi connectivity index (χ1v) is 11.5. The quantitative estimate of drug-likeness (QED) is 0.491. The highest BCUT2D eigenvalue weighted by atomic mass is 35.5. The monoisotopic (exact) mass is 464 g/mol. The largest absolute Gasteiger partial charge is 0.492 e. The van der Waals surface area contributed by atoms with Crippen molar-refractivity contribution in [2.24, 2.45) is 0 Å². The van der Waals surface area contributed by atoms with Gasteiger partial charge in [0.25, 0.3) is 11.8 Å². The molecular formula is C22H25ClN2O5S. The fourth-order valence-corrected chi connectivity index (χ4v) is 3.33. The number of benzene rings is 2. The molecule has 31 heavy (non-hydrogen) atoms. The Morgan fingerprint density at radius 3 is 2.52 bits per heavy atom. The Balaban J connectivity index is 1.96. The standard InChI is InChI=1S/C22H25ClN2O5S/c1-3-29-19-11-7-6-10-17(19)24-20(26)14-30-22(28)18(12-13-31-2)25-21(27)15-8-4-5-9-16(15)23/h4-11,18H,3,12-14H2,1-2H3,(H,24,26)(H,25,27). The van der Waals surface area contributed by atoms with Crippen LogP contribution < -0.4 is 15.4 Å². The molecule has 2 amide bonds. The van der Waals surface area contributed by atoms with E-state index in [9.17, 15) is 14.4 Å². The van der Waals surface area contributed by atoms with Crippen LogP contribution in [0.25, 0.3) is 0 Å². The number of carbonyl (C=O) groups excluding carboxylic acids is 3. The number of ether oxygens (including phenoxy) is 2. The van der Waals surface area contributed by atoms with Crippen LogP contribution in [0, 0.1) is 0 Å². The van der Waals surface area contributed by atoms with E-state index in [1.165, 1.54) is 11.8 Å². The molecule has 2 rings (SSSR count). The van der Waals surface area contributed by atoms with Crippen molar-refractivity contribution in [2.45, 2.75) is 19.4 Å². The molecule has 0 bridgehead atoms. The molecule has 1 unspecified atom stereocenters. The van der Waals surface area contributed by atoms with Crippen LogP contribution >= 0.6 is 23.4 Å². The molecule has 166 valence electrons. The van der Waals surface area contributed by atoms with E-state index < -0.39 is 30.4 Å². The van der Waals surface area contributed by atoms with Gasteiger partial charge in [0, 0.05) is 0 Å². The highest BCUT2D eigenvalue weighted by Gasteiger charge is 2.24. The van der Waals surface area contributed by atoms with Gasteiger partial charge in [0.15, 0.2) is 6.61 Å². The summed E-state index contributed by atoms with van der Waals surface area (Å²) in [5.41, 5.74) is 0.743. The summed E-state index contributed by atoms with van der Waals surface area (Å²) in [4.78, 5) is 37.3. The zero-order valence-electron chi connectivity index (χ0n) is 17.4. The maximum atomic E-state index is 12.5. The summed E-state index contributed by atoms with van der Waals surface area (Å²) in [6.07, 6.45) is 2.24. The van der Waals surface area contributed by atoms with Gasteiger partial charge in [0.2, 0.25) is 0 Å². The number of hydrogen-bond acceptors (Lipinski definition) is 6. The van der Waals surface area contributed by atoms with Crippen LogP contribution in [0.5, 0.6) is 5.75 Å². The lowest BCUT2D eigenvalue weighted by atomic mass is 10.1. The van der Waals surface area contributed by atoms with E-state index in [1.807, 2.05) is 13.2 Å². The third-order valence-electron chi connectivity index (χ3n) is 4.13. The Kier molecular flexibility index (Phi) is 10.2. The van der Waals surface area contributed by atoms with Crippen molar-refractivity contribution in [3.63, 3.8) is 0 Å². The number of thioether (sulfide) groups is 1. The van der Waals surface area contributed by atoms with E-state index in [0.717, 1.165) is 0 Å². The Bertz CT molecular complexity index is 909. The zero-order chi connectivity index (χ0) is 22.6. The molecule has 2 aromatic rings. The third kappa shape index (κ3) is 7.80. The highest BCUT2D eigenvalue weighted by molar-refractivity contribution is 7.98. The highest BCUT2D eigenvalue weighted by Crippen LogP contribution is 2.23. The first-order chi connectivity index (χ1) is 15.0. The van der Waals surface area contributed by atoms with Crippen LogP contribution in [0.2, 0.25) is 5.02 Å². The third-order valence-corrected chi connectivity index (χ3v) is 5.10. The molecule has 0 saturated carbocycles. The normalized spacial score (nSPS) is 11.3. The van der Waals surface area contributed by atoms with Gasteiger partial charge in [-0.2, -0.15) is 11.8 Å². The Labute approximate surface area is 190 Å². The summed E-state index contributed by atoms with van der Waals surface area (Å²) >= 11 is 7.58. The minimum Gasteiger partial charge on any atom is -0.492 e. The van der Waals surface area contributed by atoms with Crippen molar-refractivity contribution in [1.29, 1.82) is 0 Å². The molecule has 1 atom stereocenters. The van der Waals surface area contributed by atoms with Gasteiger partial charge in [-0.15, -0.1) is 0 Å². The molecule has 0 radical (unpaired) electrons. The SMILES string of the molecule is CCOc1ccccc1NC(=O)COC(=O)C(CCSC)NC(=O)c1ccccc1Cl. The van der Waals surface area contributed by atoms with Crippen LogP contribution in [-0.4, -0.2) is 49.0 Å². The van der Waals surface area contributed by atoms with E-state index >= 15 is 0 Å². The van der Waals surface area contributed by atoms with Crippen LogP contribution in [0.3, 0.4) is 0 Å². The number of halogens is 1. The maximum Gasteiger partial charge on any atom is 0.329 e. The molecule has 0 saturated heterocycles. The Hall–Kier alpha value is -2.71. The lowest BCUT2D eigenvalue weighted by Crippen LogP contribution is -2.43.